The van der Waals surface area contributed by atoms with Crippen LogP contribution in [0.2, 0.25) is 10.0 Å². The molecule has 11 heteroatoms. The Bertz CT molecular complexity index is 1020. The van der Waals surface area contributed by atoms with Gasteiger partial charge in [-0.05, 0) is 32.9 Å². The van der Waals surface area contributed by atoms with E-state index in [1.165, 1.54) is 33.3 Å². The summed E-state index contributed by atoms with van der Waals surface area (Å²) in [6, 6.07) is 4.81. The van der Waals surface area contributed by atoms with Crippen molar-refractivity contribution in [2.45, 2.75) is 26.8 Å². The number of rotatable bonds is 11. The van der Waals surface area contributed by atoms with Gasteiger partial charge in [0.15, 0.2) is 5.78 Å². The smallest absolute Gasteiger partial charge is 0.258 e. The number of Topliss-reactive ketones (excluding diaryl/α,β-unsaturated/α-hetero) is 1. The molecule has 1 unspecified atom stereocenters. The van der Waals surface area contributed by atoms with Gasteiger partial charge >= 0.3 is 0 Å². The third-order valence-corrected chi connectivity index (χ3v) is 5.00. The second-order valence-corrected chi connectivity index (χ2v) is 7.26. The molecule has 2 rings (SSSR count). The number of carbonyl (C=O) groups is 2. The molecule has 0 aliphatic carbocycles. The number of ketones is 1. The molecule has 0 radical (unpaired) electrons. The number of nitrogens with zero attached hydrogens (tertiary/aromatic N) is 2. The van der Waals surface area contributed by atoms with Gasteiger partial charge in [0.05, 0.1) is 27.4 Å². The average molecular weight is 498 g/mol. The summed E-state index contributed by atoms with van der Waals surface area (Å²) >= 11 is 12.6. The van der Waals surface area contributed by atoms with E-state index in [1.807, 2.05) is 6.92 Å². The maximum Gasteiger partial charge on any atom is 0.258 e. The molecule has 9 nitrogen and oxygen atoms in total. The number of azo groups is 1. The number of methoxy groups -OCH3 is 2. The van der Waals surface area contributed by atoms with Crippen molar-refractivity contribution in [2.75, 3.05) is 32.8 Å². The first-order chi connectivity index (χ1) is 15.8. The van der Waals surface area contributed by atoms with Gasteiger partial charge in [-0.3, -0.25) is 9.59 Å². The molecule has 2 aromatic carbocycles. The molecule has 0 bridgehead atoms. The number of hydrogen-bond acceptors (Lipinski definition) is 8. The van der Waals surface area contributed by atoms with Crippen LogP contribution in [0.4, 0.5) is 11.4 Å². The Morgan fingerprint density at radius 1 is 0.939 bits per heavy atom. The lowest BCUT2D eigenvalue weighted by Crippen LogP contribution is -2.31. The summed E-state index contributed by atoms with van der Waals surface area (Å²) in [5, 5.41) is 11.0. The minimum atomic E-state index is -1.45. The van der Waals surface area contributed by atoms with Crippen LogP contribution in [0.25, 0.3) is 0 Å². The zero-order chi connectivity index (χ0) is 24.5. The Balaban J connectivity index is 2.38. The summed E-state index contributed by atoms with van der Waals surface area (Å²) in [6.07, 6.45) is 0. The van der Waals surface area contributed by atoms with Gasteiger partial charge < -0.3 is 24.3 Å². The highest BCUT2D eigenvalue weighted by molar-refractivity contribution is 6.35. The van der Waals surface area contributed by atoms with E-state index in [1.54, 1.807) is 19.1 Å². The van der Waals surface area contributed by atoms with Crippen molar-refractivity contribution in [2.24, 2.45) is 10.2 Å². The Kier molecular flexibility index (Phi) is 9.74. The molecule has 0 heterocycles. The van der Waals surface area contributed by atoms with Crippen molar-refractivity contribution in [3.63, 3.8) is 0 Å². The van der Waals surface area contributed by atoms with Crippen LogP contribution in [0.3, 0.4) is 0 Å². The van der Waals surface area contributed by atoms with Crippen LogP contribution in [0.1, 0.15) is 20.8 Å². The fourth-order valence-electron chi connectivity index (χ4n) is 2.75. The largest absolute Gasteiger partial charge is 0.495 e. The number of hydrogen-bond donors (Lipinski definition) is 1. The van der Waals surface area contributed by atoms with Gasteiger partial charge in [-0.25, -0.2) is 0 Å². The molecule has 1 N–H and O–H groups in total. The van der Waals surface area contributed by atoms with Gasteiger partial charge in [0.2, 0.25) is 6.04 Å². The molecule has 0 fully saturated rings. The molecule has 2 aromatic rings. The topological polar surface area (TPSA) is 108 Å². The quantitative estimate of drug-likeness (QED) is 0.324. The summed E-state index contributed by atoms with van der Waals surface area (Å²) < 4.78 is 21.4. The lowest BCUT2D eigenvalue weighted by molar-refractivity contribution is -0.126. The lowest BCUT2D eigenvalue weighted by atomic mass is 10.2. The molecule has 178 valence electrons. The minimum absolute atomic E-state index is 0.151. The van der Waals surface area contributed by atoms with Crippen LogP contribution in [0.5, 0.6) is 23.0 Å². The fourth-order valence-corrected chi connectivity index (χ4v) is 3.26. The SMILES string of the molecule is CCOc1ccc(OCC)c(N=NC(C(C)=O)C(=O)Nc2cc(OC)c(Cl)c(OC)c2)c1Cl. The second kappa shape index (κ2) is 12.3. The number of benzene rings is 2. The molecular formula is C22H25Cl2N3O6. The van der Waals surface area contributed by atoms with Crippen LogP contribution in [-0.4, -0.2) is 45.2 Å². The first-order valence-electron chi connectivity index (χ1n) is 9.99. The third-order valence-electron chi connectivity index (χ3n) is 4.26. The molecular weight excluding hydrogens is 473 g/mol. The first-order valence-corrected chi connectivity index (χ1v) is 10.7. The van der Waals surface area contributed by atoms with Gasteiger partial charge in [0.1, 0.15) is 38.7 Å². The number of anilines is 1. The van der Waals surface area contributed by atoms with Crippen molar-refractivity contribution < 1.29 is 28.5 Å². The average Bonchev–Trinajstić information content (AvgIpc) is 2.78. The number of ether oxygens (including phenoxy) is 4. The number of carbonyl (C=O) groups excluding carboxylic acids is 2. The van der Waals surface area contributed by atoms with Crippen LogP contribution >= 0.6 is 23.2 Å². The van der Waals surface area contributed by atoms with E-state index in [0.717, 1.165) is 0 Å². The minimum Gasteiger partial charge on any atom is -0.495 e. The maximum atomic E-state index is 12.8. The van der Waals surface area contributed by atoms with Crippen molar-refractivity contribution in [1.29, 1.82) is 0 Å². The molecule has 0 aliphatic rings. The van der Waals surface area contributed by atoms with E-state index < -0.39 is 17.7 Å². The maximum absolute atomic E-state index is 12.8. The predicted octanol–water partition coefficient (Wildman–Crippen LogP) is 5.49. The molecule has 33 heavy (non-hydrogen) atoms. The van der Waals surface area contributed by atoms with Crippen molar-refractivity contribution in [3.05, 3.63) is 34.3 Å². The van der Waals surface area contributed by atoms with E-state index in [2.05, 4.69) is 15.5 Å². The Labute approximate surface area is 202 Å². The molecule has 1 atom stereocenters. The normalized spacial score (nSPS) is 11.7. The van der Waals surface area contributed by atoms with Crippen LogP contribution in [0, 0.1) is 0 Å². The molecule has 0 saturated heterocycles. The molecule has 0 spiro atoms. The zero-order valence-electron chi connectivity index (χ0n) is 18.9. The van der Waals surface area contributed by atoms with E-state index in [0.29, 0.717) is 30.4 Å². The monoisotopic (exact) mass is 497 g/mol. The number of amides is 1. The van der Waals surface area contributed by atoms with Crippen LogP contribution < -0.4 is 24.3 Å². The zero-order valence-corrected chi connectivity index (χ0v) is 20.4. The van der Waals surface area contributed by atoms with E-state index >= 15 is 0 Å². The van der Waals surface area contributed by atoms with E-state index in [-0.39, 0.29) is 27.2 Å². The van der Waals surface area contributed by atoms with Gasteiger partial charge in [-0.15, -0.1) is 5.11 Å². The molecule has 0 saturated carbocycles. The fraction of sp³-hybridized carbons (Fsp3) is 0.364. The molecule has 1 amide bonds. The highest BCUT2D eigenvalue weighted by atomic mass is 35.5. The number of halogens is 2. The molecule has 0 aromatic heterocycles. The summed E-state index contributed by atoms with van der Waals surface area (Å²) in [7, 11) is 2.85. The molecule has 0 aliphatic heterocycles. The number of nitrogens with one attached hydrogen (secondary N) is 1. The summed E-state index contributed by atoms with van der Waals surface area (Å²) in [4.78, 5) is 25.0. The highest BCUT2D eigenvalue weighted by Crippen LogP contribution is 2.42. The van der Waals surface area contributed by atoms with Crippen LogP contribution in [0.15, 0.2) is 34.5 Å². The van der Waals surface area contributed by atoms with Gasteiger partial charge in [0.25, 0.3) is 5.91 Å². The van der Waals surface area contributed by atoms with Crippen molar-refractivity contribution in [1.82, 2.24) is 0 Å². The van der Waals surface area contributed by atoms with Crippen molar-refractivity contribution in [3.8, 4) is 23.0 Å². The standard InChI is InChI=1S/C22H25Cl2N3O6/c1-6-32-14-8-9-15(33-7-2)21(19(14)24)27-26-20(12(3)28)22(29)25-13-10-16(30-4)18(23)17(11-13)31-5/h8-11,20H,6-7H2,1-5H3,(H,25,29). The van der Waals surface area contributed by atoms with Crippen LogP contribution in [-0.2, 0) is 9.59 Å². The van der Waals surface area contributed by atoms with Gasteiger partial charge in [-0.2, -0.15) is 5.11 Å². The summed E-state index contributed by atoms with van der Waals surface area (Å²) in [5.41, 5.74) is 0.448. The highest BCUT2D eigenvalue weighted by Gasteiger charge is 2.25. The van der Waals surface area contributed by atoms with Gasteiger partial charge in [-0.1, -0.05) is 23.2 Å². The van der Waals surface area contributed by atoms with Gasteiger partial charge in [0, 0.05) is 17.8 Å². The van der Waals surface area contributed by atoms with E-state index in [9.17, 15) is 9.59 Å². The van der Waals surface area contributed by atoms with E-state index in [4.69, 9.17) is 42.1 Å². The Hall–Kier alpha value is -3.04. The first kappa shape index (κ1) is 26.2. The predicted molar refractivity (Wildman–Crippen MR) is 126 cm³/mol. The Morgan fingerprint density at radius 2 is 1.48 bits per heavy atom. The lowest BCUT2D eigenvalue weighted by Gasteiger charge is -2.14. The summed E-state index contributed by atoms with van der Waals surface area (Å²) in [6.45, 7) is 5.57. The Morgan fingerprint density at radius 3 is 2.00 bits per heavy atom. The summed E-state index contributed by atoms with van der Waals surface area (Å²) in [5.74, 6) is 0.0404. The second-order valence-electron chi connectivity index (χ2n) is 6.50. The third kappa shape index (κ3) is 6.49. The van der Waals surface area contributed by atoms with Crippen molar-refractivity contribution >= 4 is 46.3 Å².